The number of benzene rings is 1. The van der Waals surface area contributed by atoms with Crippen molar-refractivity contribution in [1.82, 2.24) is 0 Å². The minimum Gasteiger partial charge on any atom is -0.304 e. The van der Waals surface area contributed by atoms with E-state index in [0.29, 0.717) is 6.04 Å². The molecule has 0 bridgehead atoms. The van der Waals surface area contributed by atoms with Gasteiger partial charge in [-0.25, -0.2) is 0 Å². The molecule has 1 amide bonds. The van der Waals surface area contributed by atoms with Gasteiger partial charge in [0.1, 0.15) is 0 Å². The van der Waals surface area contributed by atoms with Crippen LogP contribution in [0.2, 0.25) is 0 Å². The number of anilines is 1. The summed E-state index contributed by atoms with van der Waals surface area (Å²) in [6.07, 6.45) is 2.06. The number of amides is 1. The van der Waals surface area contributed by atoms with E-state index in [2.05, 4.69) is 13.0 Å². The lowest BCUT2D eigenvalue weighted by Gasteiger charge is -2.52. The predicted molar refractivity (Wildman–Crippen MR) is 55.0 cm³/mol. The van der Waals surface area contributed by atoms with E-state index in [1.54, 1.807) is 0 Å². The molecule has 70 valence electrons. The van der Waals surface area contributed by atoms with E-state index >= 15 is 0 Å². The Labute approximate surface area is 82.8 Å². The Hall–Kier alpha value is -1.57. The molecule has 1 aromatic rings. The third-order valence-corrected chi connectivity index (χ3v) is 3.08. The first-order valence-electron chi connectivity index (χ1n) is 4.85. The molecule has 0 saturated carbocycles. The molecule has 1 heterocycles. The summed E-state index contributed by atoms with van der Waals surface area (Å²) in [6.45, 7) is 2.09. The molecule has 1 aromatic carbocycles. The number of hydrogen-bond acceptors (Lipinski definition) is 1. The number of para-hydroxylation sites is 1. The fourth-order valence-electron chi connectivity index (χ4n) is 2.30. The summed E-state index contributed by atoms with van der Waals surface area (Å²) in [6, 6.07) is 10.2. The standard InChI is InChI=1S/C12H11NO/c1-8-7-10-11(8)13(12(10)14)9-5-3-2-4-6-9/h2-7,10-11H,1H3. The van der Waals surface area contributed by atoms with Crippen LogP contribution in [0.5, 0.6) is 0 Å². The van der Waals surface area contributed by atoms with Crippen LogP contribution in [0.3, 0.4) is 0 Å². The molecule has 2 unspecified atom stereocenters. The molecule has 14 heavy (non-hydrogen) atoms. The van der Waals surface area contributed by atoms with E-state index in [4.69, 9.17) is 0 Å². The summed E-state index contributed by atoms with van der Waals surface area (Å²) in [5.74, 6) is 0.419. The fourth-order valence-corrected chi connectivity index (χ4v) is 2.30. The predicted octanol–water partition coefficient (Wildman–Crippen LogP) is 1.98. The minimum absolute atomic E-state index is 0.176. The third kappa shape index (κ3) is 0.782. The maximum absolute atomic E-state index is 11.7. The largest absolute Gasteiger partial charge is 0.304 e. The SMILES string of the molecule is CC1=CC2C(=O)N(c3ccccc3)C12. The molecule has 1 aliphatic heterocycles. The van der Waals surface area contributed by atoms with Crippen LogP contribution in [0.15, 0.2) is 42.0 Å². The van der Waals surface area contributed by atoms with Crippen LogP contribution in [0.25, 0.3) is 0 Å². The second-order valence-electron chi connectivity index (χ2n) is 3.93. The Bertz CT molecular complexity index is 421. The van der Waals surface area contributed by atoms with Crippen LogP contribution < -0.4 is 4.90 Å². The number of β-lactam (4-membered cyclic amide) rings is 1. The van der Waals surface area contributed by atoms with E-state index in [-0.39, 0.29) is 11.8 Å². The van der Waals surface area contributed by atoms with Gasteiger partial charge in [0.05, 0.1) is 12.0 Å². The molecule has 1 fully saturated rings. The average Bonchev–Trinajstić information content (AvgIpc) is 2.22. The highest BCUT2D eigenvalue weighted by molar-refractivity contribution is 6.07. The summed E-state index contributed by atoms with van der Waals surface area (Å²) in [4.78, 5) is 13.5. The van der Waals surface area contributed by atoms with Crippen LogP contribution in [-0.4, -0.2) is 11.9 Å². The summed E-state index contributed by atoms with van der Waals surface area (Å²) < 4.78 is 0. The van der Waals surface area contributed by atoms with Gasteiger partial charge in [-0.05, 0) is 19.1 Å². The number of carbonyl (C=O) groups is 1. The van der Waals surface area contributed by atoms with Crippen molar-refractivity contribution in [3.8, 4) is 0 Å². The second kappa shape index (κ2) is 2.47. The van der Waals surface area contributed by atoms with Crippen LogP contribution in [-0.2, 0) is 4.79 Å². The van der Waals surface area contributed by atoms with Gasteiger partial charge in [-0.1, -0.05) is 29.8 Å². The van der Waals surface area contributed by atoms with E-state index in [1.807, 2.05) is 35.2 Å². The lowest BCUT2D eigenvalue weighted by molar-refractivity contribution is -0.128. The first-order chi connectivity index (χ1) is 6.79. The zero-order valence-corrected chi connectivity index (χ0v) is 7.97. The average molecular weight is 185 g/mol. The van der Waals surface area contributed by atoms with Gasteiger partial charge in [-0.3, -0.25) is 4.79 Å². The highest BCUT2D eigenvalue weighted by atomic mass is 16.2. The van der Waals surface area contributed by atoms with Crippen molar-refractivity contribution >= 4 is 11.6 Å². The van der Waals surface area contributed by atoms with Crippen molar-refractivity contribution in [3.05, 3.63) is 42.0 Å². The zero-order valence-electron chi connectivity index (χ0n) is 7.97. The Kier molecular flexibility index (Phi) is 1.38. The maximum atomic E-state index is 11.7. The van der Waals surface area contributed by atoms with Crippen LogP contribution >= 0.6 is 0 Å². The van der Waals surface area contributed by atoms with E-state index < -0.39 is 0 Å². The van der Waals surface area contributed by atoms with Crippen molar-refractivity contribution in [3.63, 3.8) is 0 Å². The molecule has 1 aliphatic carbocycles. The monoisotopic (exact) mass is 185 g/mol. The second-order valence-corrected chi connectivity index (χ2v) is 3.93. The van der Waals surface area contributed by atoms with Crippen molar-refractivity contribution in [2.75, 3.05) is 4.90 Å². The number of hydrogen-bond donors (Lipinski definition) is 0. The van der Waals surface area contributed by atoms with Crippen molar-refractivity contribution in [2.24, 2.45) is 5.92 Å². The summed E-state index contributed by atoms with van der Waals surface area (Å²) >= 11 is 0. The van der Waals surface area contributed by atoms with Crippen molar-refractivity contribution < 1.29 is 4.79 Å². The number of nitrogens with zero attached hydrogens (tertiary/aromatic N) is 1. The van der Waals surface area contributed by atoms with E-state index in [9.17, 15) is 4.79 Å². The molecule has 0 aromatic heterocycles. The Balaban J connectivity index is 1.96. The number of rotatable bonds is 1. The Morgan fingerprint density at radius 3 is 2.57 bits per heavy atom. The van der Waals surface area contributed by atoms with Gasteiger partial charge in [-0.15, -0.1) is 0 Å². The van der Waals surface area contributed by atoms with Gasteiger partial charge in [0.2, 0.25) is 5.91 Å². The van der Waals surface area contributed by atoms with Gasteiger partial charge in [0.25, 0.3) is 0 Å². The molecule has 2 nitrogen and oxygen atoms in total. The normalized spacial score (nSPS) is 28.8. The fraction of sp³-hybridized carbons (Fsp3) is 0.250. The highest BCUT2D eigenvalue weighted by Gasteiger charge is 2.52. The van der Waals surface area contributed by atoms with E-state index in [1.165, 1.54) is 5.57 Å². The molecule has 0 radical (unpaired) electrons. The van der Waals surface area contributed by atoms with Gasteiger partial charge in [0.15, 0.2) is 0 Å². The number of carbonyl (C=O) groups excluding carboxylic acids is 1. The van der Waals surface area contributed by atoms with Gasteiger partial charge < -0.3 is 4.90 Å². The van der Waals surface area contributed by atoms with Crippen LogP contribution in [0.1, 0.15) is 6.92 Å². The topological polar surface area (TPSA) is 20.3 Å². The molecular weight excluding hydrogens is 174 g/mol. The van der Waals surface area contributed by atoms with Crippen LogP contribution in [0, 0.1) is 5.92 Å². The molecule has 0 N–H and O–H groups in total. The zero-order chi connectivity index (χ0) is 9.71. The minimum atomic E-state index is 0.176. The molecule has 2 atom stereocenters. The molecule has 3 rings (SSSR count). The van der Waals surface area contributed by atoms with Crippen molar-refractivity contribution in [2.45, 2.75) is 13.0 Å². The molecule has 0 spiro atoms. The third-order valence-electron chi connectivity index (χ3n) is 3.08. The summed E-state index contributed by atoms with van der Waals surface area (Å²) in [5.41, 5.74) is 2.34. The molecule has 2 aliphatic rings. The molecular formula is C12H11NO. The first kappa shape index (κ1) is 7.80. The first-order valence-corrected chi connectivity index (χ1v) is 4.85. The lowest BCUT2D eigenvalue weighted by atomic mass is 9.72. The number of fused-ring (bicyclic) bond motifs is 1. The lowest BCUT2D eigenvalue weighted by Crippen LogP contribution is -2.65. The van der Waals surface area contributed by atoms with Crippen LogP contribution in [0.4, 0.5) is 5.69 Å². The Morgan fingerprint density at radius 1 is 1.21 bits per heavy atom. The van der Waals surface area contributed by atoms with E-state index in [0.717, 1.165) is 5.69 Å². The quantitative estimate of drug-likeness (QED) is 0.484. The highest BCUT2D eigenvalue weighted by Crippen LogP contribution is 2.44. The molecule has 2 heteroatoms. The summed E-state index contributed by atoms with van der Waals surface area (Å²) in [7, 11) is 0. The van der Waals surface area contributed by atoms with Gasteiger partial charge in [0, 0.05) is 5.69 Å². The smallest absolute Gasteiger partial charge is 0.236 e. The van der Waals surface area contributed by atoms with Crippen molar-refractivity contribution in [1.29, 1.82) is 0 Å². The van der Waals surface area contributed by atoms with Gasteiger partial charge in [-0.2, -0.15) is 0 Å². The maximum Gasteiger partial charge on any atom is 0.236 e. The molecule has 1 saturated heterocycles. The Morgan fingerprint density at radius 2 is 1.93 bits per heavy atom. The summed E-state index contributed by atoms with van der Waals surface area (Å²) in [5, 5.41) is 0. The van der Waals surface area contributed by atoms with Gasteiger partial charge >= 0.3 is 0 Å².